The minimum atomic E-state index is 0.457. The molecule has 0 amide bonds. The van der Waals surface area contributed by atoms with Crippen LogP contribution in [0.25, 0.3) is 0 Å². The molecular weight excluding hydrogens is 210 g/mol. The lowest BCUT2D eigenvalue weighted by molar-refractivity contribution is 0.402. The third-order valence-electron chi connectivity index (χ3n) is 3.65. The monoisotopic (exact) mass is 233 g/mol. The van der Waals surface area contributed by atoms with Crippen LogP contribution in [0.5, 0.6) is 5.75 Å². The van der Waals surface area contributed by atoms with Gasteiger partial charge in [0.25, 0.3) is 0 Å². The average Bonchev–Trinajstić information content (AvgIpc) is 2.74. The molecule has 1 aromatic rings. The molecule has 17 heavy (non-hydrogen) atoms. The summed E-state index contributed by atoms with van der Waals surface area (Å²) in [4.78, 5) is 0. The van der Waals surface area contributed by atoms with E-state index in [2.05, 4.69) is 44.3 Å². The Morgan fingerprint density at radius 2 is 2.12 bits per heavy atom. The fourth-order valence-electron chi connectivity index (χ4n) is 2.53. The molecule has 1 fully saturated rings. The van der Waals surface area contributed by atoms with Crippen molar-refractivity contribution < 1.29 is 4.74 Å². The van der Waals surface area contributed by atoms with Gasteiger partial charge in [0.1, 0.15) is 5.75 Å². The normalized spacial score (nSPS) is 24.3. The van der Waals surface area contributed by atoms with Crippen molar-refractivity contribution in [1.29, 1.82) is 0 Å². The first kappa shape index (κ1) is 12.4. The molecule has 1 aliphatic heterocycles. The molecule has 0 saturated carbocycles. The standard InChI is InChI=1S/C15H23NO/c1-10(2)12-5-6-15(17-4)13(8-12)14-7-11(3)9-16-14/h5-6,8,10-11,14,16H,7,9H2,1-4H3/t11-,14+/m1/s1. The third-order valence-corrected chi connectivity index (χ3v) is 3.65. The molecule has 2 nitrogen and oxygen atoms in total. The van der Waals surface area contributed by atoms with Gasteiger partial charge in [-0.2, -0.15) is 0 Å². The molecule has 0 aliphatic carbocycles. The molecule has 1 aliphatic rings. The van der Waals surface area contributed by atoms with Crippen LogP contribution >= 0.6 is 0 Å². The molecule has 94 valence electrons. The van der Waals surface area contributed by atoms with Gasteiger partial charge in [0.05, 0.1) is 7.11 Å². The summed E-state index contributed by atoms with van der Waals surface area (Å²) in [5.74, 6) is 2.34. The summed E-state index contributed by atoms with van der Waals surface area (Å²) in [6.45, 7) is 7.87. The smallest absolute Gasteiger partial charge is 0.123 e. The van der Waals surface area contributed by atoms with Gasteiger partial charge < -0.3 is 10.1 Å². The Balaban J connectivity index is 2.32. The fourth-order valence-corrected chi connectivity index (χ4v) is 2.53. The zero-order chi connectivity index (χ0) is 12.4. The molecule has 1 saturated heterocycles. The Hall–Kier alpha value is -1.02. The molecule has 1 N–H and O–H groups in total. The van der Waals surface area contributed by atoms with Crippen LogP contribution in [0.1, 0.15) is 50.3 Å². The van der Waals surface area contributed by atoms with Crippen molar-refractivity contribution in [2.75, 3.05) is 13.7 Å². The van der Waals surface area contributed by atoms with Gasteiger partial charge in [-0.25, -0.2) is 0 Å². The van der Waals surface area contributed by atoms with Crippen molar-refractivity contribution in [3.63, 3.8) is 0 Å². The summed E-state index contributed by atoms with van der Waals surface area (Å²) in [6.07, 6.45) is 1.21. The Morgan fingerprint density at radius 3 is 2.65 bits per heavy atom. The van der Waals surface area contributed by atoms with Gasteiger partial charge in [-0.05, 0) is 36.4 Å². The topological polar surface area (TPSA) is 21.3 Å². The predicted molar refractivity (Wildman–Crippen MR) is 71.6 cm³/mol. The molecule has 0 unspecified atom stereocenters. The number of benzene rings is 1. The van der Waals surface area contributed by atoms with E-state index in [-0.39, 0.29) is 0 Å². The summed E-state index contributed by atoms with van der Waals surface area (Å²) in [6, 6.07) is 7.04. The number of rotatable bonds is 3. The van der Waals surface area contributed by atoms with Gasteiger partial charge in [-0.15, -0.1) is 0 Å². The van der Waals surface area contributed by atoms with Crippen LogP contribution in [0, 0.1) is 5.92 Å². The van der Waals surface area contributed by atoms with Crippen molar-refractivity contribution in [2.45, 2.75) is 39.2 Å². The first-order chi connectivity index (χ1) is 8.11. The zero-order valence-electron chi connectivity index (χ0n) is 11.3. The van der Waals surface area contributed by atoms with Crippen LogP contribution in [0.3, 0.4) is 0 Å². The highest BCUT2D eigenvalue weighted by atomic mass is 16.5. The third kappa shape index (κ3) is 2.63. The highest BCUT2D eigenvalue weighted by Gasteiger charge is 2.24. The summed E-state index contributed by atoms with van der Waals surface area (Å²) < 4.78 is 5.49. The van der Waals surface area contributed by atoms with E-state index in [4.69, 9.17) is 4.74 Å². The molecule has 0 spiro atoms. The molecule has 2 atom stereocenters. The first-order valence-corrected chi connectivity index (χ1v) is 6.53. The van der Waals surface area contributed by atoms with Crippen LogP contribution in [0.4, 0.5) is 0 Å². The van der Waals surface area contributed by atoms with E-state index in [1.165, 1.54) is 17.5 Å². The second-order valence-electron chi connectivity index (χ2n) is 5.46. The number of nitrogens with one attached hydrogen (secondary N) is 1. The second kappa shape index (κ2) is 5.09. The molecule has 2 rings (SSSR count). The molecule has 2 heteroatoms. The van der Waals surface area contributed by atoms with Gasteiger partial charge in [-0.3, -0.25) is 0 Å². The van der Waals surface area contributed by atoms with Crippen molar-refractivity contribution >= 4 is 0 Å². The summed E-state index contributed by atoms with van der Waals surface area (Å²) in [5, 5.41) is 3.58. The Bertz CT molecular complexity index is 387. The van der Waals surface area contributed by atoms with Gasteiger partial charge in [-0.1, -0.05) is 32.9 Å². The van der Waals surface area contributed by atoms with E-state index in [1.54, 1.807) is 7.11 Å². The van der Waals surface area contributed by atoms with Crippen molar-refractivity contribution in [2.24, 2.45) is 5.92 Å². The van der Waals surface area contributed by atoms with E-state index < -0.39 is 0 Å². The van der Waals surface area contributed by atoms with E-state index in [0.29, 0.717) is 12.0 Å². The van der Waals surface area contributed by atoms with Crippen molar-refractivity contribution in [3.8, 4) is 5.75 Å². The van der Waals surface area contributed by atoms with E-state index in [1.807, 2.05) is 0 Å². The molecular formula is C15H23NO. The highest BCUT2D eigenvalue weighted by Crippen LogP contribution is 2.34. The Labute approximate surface area is 104 Å². The minimum Gasteiger partial charge on any atom is -0.496 e. The number of hydrogen-bond donors (Lipinski definition) is 1. The molecule has 0 aromatic heterocycles. The zero-order valence-corrected chi connectivity index (χ0v) is 11.3. The minimum absolute atomic E-state index is 0.457. The van der Waals surface area contributed by atoms with Gasteiger partial charge in [0.15, 0.2) is 0 Å². The molecule has 0 bridgehead atoms. The average molecular weight is 233 g/mol. The van der Waals surface area contributed by atoms with Crippen LogP contribution < -0.4 is 10.1 Å². The largest absolute Gasteiger partial charge is 0.496 e. The maximum Gasteiger partial charge on any atom is 0.123 e. The number of hydrogen-bond acceptors (Lipinski definition) is 2. The maximum atomic E-state index is 5.49. The first-order valence-electron chi connectivity index (χ1n) is 6.53. The summed E-state index contributed by atoms with van der Waals surface area (Å²) in [7, 11) is 1.76. The fraction of sp³-hybridized carbons (Fsp3) is 0.600. The molecule has 1 aromatic carbocycles. The predicted octanol–water partition coefficient (Wildman–Crippen LogP) is 3.49. The quantitative estimate of drug-likeness (QED) is 0.863. The van der Waals surface area contributed by atoms with Crippen molar-refractivity contribution in [1.82, 2.24) is 5.32 Å². The lowest BCUT2D eigenvalue weighted by atomic mass is 9.95. The summed E-state index contributed by atoms with van der Waals surface area (Å²) >= 11 is 0. The maximum absolute atomic E-state index is 5.49. The van der Waals surface area contributed by atoms with Gasteiger partial charge in [0.2, 0.25) is 0 Å². The number of methoxy groups -OCH3 is 1. The van der Waals surface area contributed by atoms with Crippen LogP contribution in [-0.4, -0.2) is 13.7 Å². The van der Waals surface area contributed by atoms with E-state index >= 15 is 0 Å². The highest BCUT2D eigenvalue weighted by molar-refractivity contribution is 5.41. The lowest BCUT2D eigenvalue weighted by Crippen LogP contribution is -2.14. The van der Waals surface area contributed by atoms with E-state index in [0.717, 1.165) is 18.2 Å². The molecule has 1 heterocycles. The van der Waals surface area contributed by atoms with E-state index in [9.17, 15) is 0 Å². The van der Waals surface area contributed by atoms with Crippen LogP contribution in [-0.2, 0) is 0 Å². The Kier molecular flexibility index (Phi) is 3.72. The van der Waals surface area contributed by atoms with Crippen LogP contribution in [0.15, 0.2) is 18.2 Å². The molecule has 0 radical (unpaired) electrons. The Morgan fingerprint density at radius 1 is 1.35 bits per heavy atom. The van der Waals surface area contributed by atoms with Gasteiger partial charge >= 0.3 is 0 Å². The van der Waals surface area contributed by atoms with Crippen molar-refractivity contribution in [3.05, 3.63) is 29.3 Å². The summed E-state index contributed by atoms with van der Waals surface area (Å²) in [5.41, 5.74) is 2.71. The van der Waals surface area contributed by atoms with Gasteiger partial charge in [0, 0.05) is 11.6 Å². The van der Waals surface area contributed by atoms with Crippen LogP contribution in [0.2, 0.25) is 0 Å². The lowest BCUT2D eigenvalue weighted by Gasteiger charge is -2.17. The SMILES string of the molecule is COc1ccc(C(C)C)cc1[C@@H]1C[C@@H](C)CN1. The number of ether oxygens (including phenoxy) is 1. The second-order valence-corrected chi connectivity index (χ2v) is 5.46.